The predicted octanol–water partition coefficient (Wildman–Crippen LogP) is 2.64. The third-order valence-corrected chi connectivity index (χ3v) is 9.08. The van der Waals surface area contributed by atoms with Crippen molar-refractivity contribution >= 4 is 38.8 Å². The largest absolute Gasteiger partial charge is 0.354 e. The van der Waals surface area contributed by atoms with E-state index in [-0.39, 0.29) is 42.6 Å². The van der Waals surface area contributed by atoms with Gasteiger partial charge in [0.25, 0.3) is 5.56 Å². The van der Waals surface area contributed by atoms with Gasteiger partial charge in [-0.05, 0) is 43.4 Å². The highest BCUT2D eigenvalue weighted by molar-refractivity contribution is 7.90. The van der Waals surface area contributed by atoms with Gasteiger partial charge in [0.05, 0.1) is 16.8 Å². The zero-order valence-corrected chi connectivity index (χ0v) is 23.3. The SMILES string of the molecule is CC(=O)N1CCC(CNc2ncc3cc(-c4c(F)ccc(NS(=O)(=O)N5CCC(F)C5)c4F)c(=O)n(C)c3n2)CC1. The molecular formula is C26H30F3N7O4S. The van der Waals surface area contributed by atoms with Crippen LogP contribution in [0.25, 0.3) is 22.2 Å². The quantitative estimate of drug-likeness (QED) is 0.431. The van der Waals surface area contributed by atoms with Crippen molar-refractivity contribution in [2.24, 2.45) is 13.0 Å². The summed E-state index contributed by atoms with van der Waals surface area (Å²) in [5.41, 5.74) is -2.15. The maximum absolute atomic E-state index is 15.6. The molecule has 0 spiro atoms. The molecule has 2 fully saturated rings. The highest BCUT2D eigenvalue weighted by Gasteiger charge is 2.32. The number of aromatic nitrogens is 3. The molecule has 4 heterocycles. The summed E-state index contributed by atoms with van der Waals surface area (Å²) in [5, 5.41) is 3.49. The van der Waals surface area contributed by atoms with Gasteiger partial charge in [0, 0.05) is 58.3 Å². The Morgan fingerprint density at radius 3 is 2.54 bits per heavy atom. The topological polar surface area (TPSA) is 130 Å². The Hall–Kier alpha value is -3.72. The summed E-state index contributed by atoms with van der Waals surface area (Å²) in [6.45, 7) is 3.05. The van der Waals surface area contributed by atoms with Gasteiger partial charge >= 0.3 is 10.2 Å². The summed E-state index contributed by atoms with van der Waals surface area (Å²) >= 11 is 0. The van der Waals surface area contributed by atoms with Crippen LogP contribution in [-0.2, 0) is 22.1 Å². The molecule has 1 amide bonds. The third kappa shape index (κ3) is 5.86. The van der Waals surface area contributed by atoms with Crippen LogP contribution in [0.3, 0.4) is 0 Å². The summed E-state index contributed by atoms with van der Waals surface area (Å²) in [6.07, 6.45) is 1.79. The Kier molecular flexibility index (Phi) is 7.92. The van der Waals surface area contributed by atoms with E-state index in [4.69, 9.17) is 0 Å². The number of likely N-dealkylation sites (tertiary alicyclic amines) is 1. The molecule has 0 saturated carbocycles. The van der Waals surface area contributed by atoms with E-state index < -0.39 is 44.8 Å². The fourth-order valence-electron chi connectivity index (χ4n) is 5.19. The molecule has 2 aliphatic rings. The first kappa shape index (κ1) is 28.8. The minimum Gasteiger partial charge on any atom is -0.354 e. The zero-order valence-electron chi connectivity index (χ0n) is 22.5. The summed E-state index contributed by atoms with van der Waals surface area (Å²) in [5.74, 6) is -1.70. The van der Waals surface area contributed by atoms with E-state index in [1.165, 1.54) is 19.3 Å². The first-order valence-corrected chi connectivity index (χ1v) is 14.6. The highest BCUT2D eigenvalue weighted by atomic mass is 32.2. The molecule has 0 bridgehead atoms. The van der Waals surface area contributed by atoms with E-state index >= 15 is 4.39 Å². The second kappa shape index (κ2) is 11.3. The third-order valence-electron chi connectivity index (χ3n) is 7.59. The van der Waals surface area contributed by atoms with Gasteiger partial charge in [-0.2, -0.15) is 17.7 Å². The second-order valence-electron chi connectivity index (χ2n) is 10.4. The number of carbonyl (C=O) groups excluding carboxylic acids is 1. The van der Waals surface area contributed by atoms with Gasteiger partial charge < -0.3 is 10.2 Å². The Balaban J connectivity index is 1.40. The van der Waals surface area contributed by atoms with Crippen LogP contribution in [0, 0.1) is 17.6 Å². The number of carbonyl (C=O) groups is 1. The van der Waals surface area contributed by atoms with Gasteiger partial charge in [0.1, 0.15) is 17.6 Å². The van der Waals surface area contributed by atoms with Crippen LogP contribution in [0.1, 0.15) is 26.2 Å². The number of aryl methyl sites for hydroxylation is 1. The molecule has 41 heavy (non-hydrogen) atoms. The lowest BCUT2D eigenvalue weighted by molar-refractivity contribution is -0.130. The molecule has 1 aromatic carbocycles. The molecule has 2 aliphatic heterocycles. The number of halogens is 3. The lowest BCUT2D eigenvalue weighted by atomic mass is 9.97. The number of benzene rings is 1. The van der Waals surface area contributed by atoms with Crippen LogP contribution in [0.2, 0.25) is 0 Å². The summed E-state index contributed by atoms with van der Waals surface area (Å²) in [7, 11) is -2.90. The molecule has 5 rings (SSSR count). The molecular weight excluding hydrogens is 563 g/mol. The van der Waals surface area contributed by atoms with E-state index in [1.54, 1.807) is 11.8 Å². The van der Waals surface area contributed by atoms with Crippen molar-refractivity contribution in [2.45, 2.75) is 32.4 Å². The van der Waals surface area contributed by atoms with Crippen LogP contribution in [0.15, 0.2) is 29.2 Å². The number of anilines is 2. The van der Waals surface area contributed by atoms with Crippen LogP contribution in [-0.4, -0.2) is 77.0 Å². The highest BCUT2D eigenvalue weighted by Crippen LogP contribution is 2.31. The molecule has 2 N–H and O–H groups in total. The number of fused-ring (bicyclic) bond motifs is 1. The average Bonchev–Trinajstić information content (AvgIpc) is 3.39. The Morgan fingerprint density at radius 1 is 1.15 bits per heavy atom. The number of alkyl halides is 1. The van der Waals surface area contributed by atoms with Crippen molar-refractivity contribution in [1.82, 2.24) is 23.7 Å². The van der Waals surface area contributed by atoms with Gasteiger partial charge in [-0.3, -0.25) is 18.9 Å². The Morgan fingerprint density at radius 2 is 1.88 bits per heavy atom. The average molecular weight is 594 g/mol. The minimum absolute atomic E-state index is 0.0188. The smallest absolute Gasteiger partial charge is 0.301 e. The second-order valence-corrected chi connectivity index (χ2v) is 12.0. The van der Waals surface area contributed by atoms with Gasteiger partial charge in [-0.15, -0.1) is 0 Å². The molecule has 2 saturated heterocycles. The zero-order chi connectivity index (χ0) is 29.5. The van der Waals surface area contributed by atoms with E-state index in [0.717, 1.165) is 33.8 Å². The van der Waals surface area contributed by atoms with Crippen molar-refractivity contribution in [3.63, 3.8) is 0 Å². The van der Waals surface area contributed by atoms with Crippen LogP contribution in [0.4, 0.5) is 24.8 Å². The number of nitrogens with one attached hydrogen (secondary N) is 2. The molecule has 3 aromatic rings. The van der Waals surface area contributed by atoms with Crippen LogP contribution in [0.5, 0.6) is 0 Å². The molecule has 1 atom stereocenters. The Labute approximate surface area is 234 Å². The number of hydrogen-bond donors (Lipinski definition) is 2. The van der Waals surface area contributed by atoms with E-state index in [9.17, 15) is 26.8 Å². The maximum Gasteiger partial charge on any atom is 0.301 e. The predicted molar refractivity (Wildman–Crippen MR) is 147 cm³/mol. The lowest BCUT2D eigenvalue weighted by Gasteiger charge is -2.31. The lowest BCUT2D eigenvalue weighted by Crippen LogP contribution is -2.38. The molecule has 0 radical (unpaired) electrons. The first-order chi connectivity index (χ1) is 19.4. The number of amides is 1. The first-order valence-electron chi connectivity index (χ1n) is 13.2. The Bertz CT molecular complexity index is 1660. The number of pyridine rings is 1. The molecule has 2 aromatic heterocycles. The summed E-state index contributed by atoms with van der Waals surface area (Å²) in [4.78, 5) is 35.3. The van der Waals surface area contributed by atoms with Gasteiger partial charge in [-0.25, -0.2) is 18.2 Å². The fraction of sp³-hybridized carbons (Fsp3) is 0.462. The standard InChI is InChI=1S/C26H30F3N7O4S/c1-15(37)35-8-5-16(6-9-35)12-30-26-31-13-17-11-19(25(38)34(2)24(17)32-26)22-20(28)3-4-21(23(22)29)33-41(39,40)36-10-7-18(27)14-36/h3-4,11,13,16,18,33H,5-10,12,14H2,1-2H3,(H,30,31,32). The maximum atomic E-state index is 15.6. The fourth-order valence-corrected chi connectivity index (χ4v) is 6.45. The number of rotatable bonds is 7. The van der Waals surface area contributed by atoms with Gasteiger partial charge in [0.15, 0.2) is 5.82 Å². The van der Waals surface area contributed by atoms with Crippen molar-refractivity contribution < 1.29 is 26.4 Å². The van der Waals surface area contributed by atoms with Crippen LogP contribution >= 0.6 is 0 Å². The summed E-state index contributed by atoms with van der Waals surface area (Å²) < 4.78 is 73.3. The van der Waals surface area contributed by atoms with Crippen molar-refractivity contribution in [3.8, 4) is 11.1 Å². The number of nitrogens with zero attached hydrogens (tertiary/aromatic N) is 5. The number of hydrogen-bond acceptors (Lipinski definition) is 7. The van der Waals surface area contributed by atoms with Gasteiger partial charge in [-0.1, -0.05) is 0 Å². The summed E-state index contributed by atoms with van der Waals surface area (Å²) in [6, 6.07) is 3.02. The molecule has 1 unspecified atom stereocenters. The molecule has 15 heteroatoms. The molecule has 220 valence electrons. The monoisotopic (exact) mass is 593 g/mol. The van der Waals surface area contributed by atoms with Crippen molar-refractivity contribution in [1.29, 1.82) is 0 Å². The van der Waals surface area contributed by atoms with E-state index in [0.29, 0.717) is 30.9 Å². The van der Waals surface area contributed by atoms with Crippen molar-refractivity contribution in [2.75, 3.05) is 42.8 Å². The van der Waals surface area contributed by atoms with Crippen LogP contribution < -0.4 is 15.6 Å². The van der Waals surface area contributed by atoms with Gasteiger partial charge in [0.2, 0.25) is 11.9 Å². The molecule has 11 nitrogen and oxygen atoms in total. The minimum atomic E-state index is -4.31. The molecule has 0 aliphatic carbocycles. The van der Waals surface area contributed by atoms with E-state index in [1.807, 2.05) is 4.72 Å². The van der Waals surface area contributed by atoms with Crippen molar-refractivity contribution in [3.05, 3.63) is 46.4 Å². The number of piperidine rings is 1. The van der Waals surface area contributed by atoms with E-state index in [2.05, 4.69) is 15.3 Å². The normalized spacial score (nSPS) is 18.7.